The summed E-state index contributed by atoms with van der Waals surface area (Å²) in [6, 6.07) is 2.64. The number of unbranched alkanes of at least 4 members (excludes halogenated alkanes) is 1. The topological polar surface area (TPSA) is 45.0 Å². The second-order valence-electron chi connectivity index (χ2n) is 3.19. The fourth-order valence-corrected chi connectivity index (χ4v) is 1.45. The van der Waals surface area contributed by atoms with Gasteiger partial charge in [0.05, 0.1) is 12.2 Å². The van der Waals surface area contributed by atoms with Crippen LogP contribution in [0.1, 0.15) is 26.2 Å². The number of ether oxygens (including phenoxy) is 1. The molecule has 1 aliphatic rings. The van der Waals surface area contributed by atoms with Crippen molar-refractivity contribution in [2.75, 3.05) is 13.2 Å². The van der Waals surface area contributed by atoms with Crippen LogP contribution in [-0.4, -0.2) is 25.3 Å². The van der Waals surface area contributed by atoms with E-state index in [1.807, 2.05) is 0 Å². The van der Waals surface area contributed by atoms with Gasteiger partial charge in [-0.3, -0.25) is 0 Å². The van der Waals surface area contributed by atoms with Gasteiger partial charge in [0, 0.05) is 19.1 Å². The molecule has 1 aliphatic heterocycles. The van der Waals surface area contributed by atoms with Crippen LogP contribution < -0.4 is 5.32 Å². The van der Waals surface area contributed by atoms with Crippen molar-refractivity contribution in [3.63, 3.8) is 0 Å². The van der Waals surface area contributed by atoms with E-state index in [4.69, 9.17) is 10.00 Å². The first-order valence-electron chi connectivity index (χ1n) is 4.56. The lowest BCUT2D eigenvalue weighted by molar-refractivity contribution is 0.113. The predicted molar refractivity (Wildman–Crippen MR) is 46.7 cm³/mol. The van der Waals surface area contributed by atoms with Gasteiger partial charge in [0.2, 0.25) is 0 Å². The van der Waals surface area contributed by atoms with Crippen LogP contribution in [-0.2, 0) is 4.74 Å². The van der Waals surface area contributed by atoms with E-state index in [9.17, 15) is 0 Å². The van der Waals surface area contributed by atoms with Crippen LogP contribution in [0, 0.1) is 11.3 Å². The van der Waals surface area contributed by atoms with Crippen molar-refractivity contribution in [3.05, 3.63) is 0 Å². The molecule has 12 heavy (non-hydrogen) atoms. The molecule has 0 aromatic rings. The maximum absolute atomic E-state index is 8.31. The Morgan fingerprint density at radius 1 is 1.67 bits per heavy atom. The molecule has 2 atom stereocenters. The Morgan fingerprint density at radius 2 is 2.50 bits per heavy atom. The van der Waals surface area contributed by atoms with Gasteiger partial charge in [-0.05, 0) is 26.3 Å². The van der Waals surface area contributed by atoms with Crippen LogP contribution in [0.15, 0.2) is 0 Å². The van der Waals surface area contributed by atoms with E-state index in [-0.39, 0.29) is 0 Å². The van der Waals surface area contributed by atoms with Crippen LogP contribution in [0.5, 0.6) is 0 Å². The highest BCUT2D eigenvalue weighted by molar-refractivity contribution is 4.79. The van der Waals surface area contributed by atoms with Crippen molar-refractivity contribution in [3.8, 4) is 6.07 Å². The Kier molecular flexibility index (Phi) is 4.06. The fourth-order valence-electron chi connectivity index (χ4n) is 1.45. The summed E-state index contributed by atoms with van der Waals surface area (Å²) in [7, 11) is 0. The van der Waals surface area contributed by atoms with Crippen molar-refractivity contribution >= 4 is 0 Å². The zero-order valence-electron chi connectivity index (χ0n) is 7.55. The van der Waals surface area contributed by atoms with Crippen LogP contribution in [0.2, 0.25) is 0 Å². The van der Waals surface area contributed by atoms with E-state index >= 15 is 0 Å². The lowest BCUT2D eigenvalue weighted by Crippen LogP contribution is -2.35. The Bertz CT molecular complexity index is 164. The third-order valence-corrected chi connectivity index (χ3v) is 2.25. The van der Waals surface area contributed by atoms with Gasteiger partial charge in [0.15, 0.2) is 0 Å². The Labute approximate surface area is 73.7 Å². The largest absolute Gasteiger partial charge is 0.377 e. The maximum atomic E-state index is 8.31. The monoisotopic (exact) mass is 168 g/mol. The third-order valence-electron chi connectivity index (χ3n) is 2.25. The minimum absolute atomic E-state index is 0.340. The molecule has 2 unspecified atom stereocenters. The molecule has 0 amide bonds. The lowest BCUT2D eigenvalue weighted by atomic mass is 10.1. The minimum atomic E-state index is 0.340. The molecule has 0 aromatic carbocycles. The number of hydrogen-bond acceptors (Lipinski definition) is 3. The van der Waals surface area contributed by atoms with E-state index in [1.54, 1.807) is 0 Å². The van der Waals surface area contributed by atoms with Crippen molar-refractivity contribution in [1.29, 1.82) is 5.26 Å². The number of nitrogens with one attached hydrogen (secondary N) is 1. The molecular weight excluding hydrogens is 152 g/mol. The van der Waals surface area contributed by atoms with Gasteiger partial charge in [0.25, 0.3) is 0 Å². The standard InChI is InChI=1S/C9H16N2O/c1-8-9(4-7-12-8)11-6-3-2-5-10/h8-9,11H,2-4,6-7H2,1H3. The van der Waals surface area contributed by atoms with Gasteiger partial charge in [-0.25, -0.2) is 0 Å². The molecule has 1 fully saturated rings. The zero-order chi connectivity index (χ0) is 8.81. The second kappa shape index (κ2) is 5.13. The lowest BCUT2D eigenvalue weighted by Gasteiger charge is -2.14. The molecule has 0 saturated carbocycles. The molecule has 0 aliphatic carbocycles. The summed E-state index contributed by atoms with van der Waals surface area (Å²) in [5, 5.41) is 11.7. The van der Waals surface area contributed by atoms with Crippen LogP contribution in [0.25, 0.3) is 0 Å². The molecule has 1 rings (SSSR count). The first-order valence-corrected chi connectivity index (χ1v) is 4.56. The number of rotatable bonds is 4. The molecule has 1 N–H and O–H groups in total. The molecule has 68 valence electrons. The van der Waals surface area contributed by atoms with Gasteiger partial charge in [-0.2, -0.15) is 5.26 Å². The third kappa shape index (κ3) is 2.80. The highest BCUT2D eigenvalue weighted by Gasteiger charge is 2.22. The zero-order valence-corrected chi connectivity index (χ0v) is 7.55. The normalized spacial score (nSPS) is 28.7. The SMILES string of the molecule is CC1OCCC1NCCCC#N. The summed E-state index contributed by atoms with van der Waals surface area (Å²) in [5.74, 6) is 0. The average Bonchev–Trinajstić information content (AvgIpc) is 2.46. The molecule has 0 bridgehead atoms. The summed E-state index contributed by atoms with van der Waals surface area (Å²) in [4.78, 5) is 0. The first kappa shape index (κ1) is 9.50. The molecule has 0 spiro atoms. The molecule has 1 saturated heterocycles. The van der Waals surface area contributed by atoms with Crippen molar-refractivity contribution < 1.29 is 4.74 Å². The Balaban J connectivity index is 2.03. The molecular formula is C9H16N2O. The van der Waals surface area contributed by atoms with Crippen molar-refractivity contribution in [2.24, 2.45) is 0 Å². The van der Waals surface area contributed by atoms with Crippen molar-refractivity contribution in [1.82, 2.24) is 5.32 Å². The van der Waals surface area contributed by atoms with Crippen LogP contribution in [0.3, 0.4) is 0 Å². The molecule has 3 nitrogen and oxygen atoms in total. The second-order valence-corrected chi connectivity index (χ2v) is 3.19. The molecule has 0 radical (unpaired) electrons. The van der Waals surface area contributed by atoms with E-state index in [0.717, 1.165) is 26.0 Å². The maximum Gasteiger partial charge on any atom is 0.0700 e. The smallest absolute Gasteiger partial charge is 0.0700 e. The van der Waals surface area contributed by atoms with E-state index in [2.05, 4.69) is 18.3 Å². The number of hydrogen-bond donors (Lipinski definition) is 1. The molecule has 3 heteroatoms. The first-order chi connectivity index (χ1) is 5.84. The average molecular weight is 168 g/mol. The summed E-state index contributed by atoms with van der Waals surface area (Å²) in [6.07, 6.45) is 3.04. The Morgan fingerprint density at radius 3 is 3.08 bits per heavy atom. The van der Waals surface area contributed by atoms with Gasteiger partial charge < -0.3 is 10.1 Å². The van der Waals surface area contributed by atoms with Gasteiger partial charge in [-0.15, -0.1) is 0 Å². The highest BCUT2D eigenvalue weighted by atomic mass is 16.5. The summed E-state index contributed by atoms with van der Waals surface area (Å²) < 4.78 is 5.39. The summed E-state index contributed by atoms with van der Waals surface area (Å²) in [6.45, 7) is 3.90. The van der Waals surface area contributed by atoms with Gasteiger partial charge >= 0.3 is 0 Å². The summed E-state index contributed by atoms with van der Waals surface area (Å²) >= 11 is 0. The van der Waals surface area contributed by atoms with E-state index in [0.29, 0.717) is 18.6 Å². The minimum Gasteiger partial charge on any atom is -0.377 e. The van der Waals surface area contributed by atoms with Gasteiger partial charge in [-0.1, -0.05) is 0 Å². The highest BCUT2D eigenvalue weighted by Crippen LogP contribution is 2.12. The Hall–Kier alpha value is -0.590. The van der Waals surface area contributed by atoms with Crippen molar-refractivity contribution in [2.45, 2.75) is 38.3 Å². The summed E-state index contributed by atoms with van der Waals surface area (Å²) in [5.41, 5.74) is 0. The van der Waals surface area contributed by atoms with E-state index < -0.39 is 0 Å². The fraction of sp³-hybridized carbons (Fsp3) is 0.889. The number of nitriles is 1. The van der Waals surface area contributed by atoms with Gasteiger partial charge in [0.1, 0.15) is 0 Å². The quantitative estimate of drug-likeness (QED) is 0.638. The molecule has 1 heterocycles. The predicted octanol–water partition coefficient (Wildman–Crippen LogP) is 1.06. The van der Waals surface area contributed by atoms with E-state index in [1.165, 1.54) is 0 Å². The van der Waals surface area contributed by atoms with Crippen LogP contribution in [0.4, 0.5) is 0 Å². The van der Waals surface area contributed by atoms with Crippen LogP contribution >= 0.6 is 0 Å². The number of nitrogens with zero attached hydrogens (tertiary/aromatic N) is 1. The molecule has 0 aromatic heterocycles.